The van der Waals surface area contributed by atoms with Crippen molar-refractivity contribution in [2.75, 3.05) is 0 Å². The Morgan fingerprint density at radius 3 is 2.11 bits per heavy atom. The van der Waals surface area contributed by atoms with Gasteiger partial charge < -0.3 is 5.11 Å². The predicted octanol–water partition coefficient (Wildman–Crippen LogP) is 0.142. The minimum atomic E-state index is -1.00. The van der Waals surface area contributed by atoms with Crippen molar-refractivity contribution >= 4 is 35.5 Å². The number of rotatable bonds is 1. The van der Waals surface area contributed by atoms with E-state index in [9.17, 15) is 4.79 Å². The number of carbonyl (C=O) groups is 1. The first-order chi connectivity index (χ1) is 3.71. The van der Waals surface area contributed by atoms with Crippen LogP contribution < -0.4 is 0 Å². The second-order valence-electron chi connectivity index (χ2n) is 1.95. The van der Waals surface area contributed by atoms with Gasteiger partial charge in [-0.3, -0.25) is 4.85 Å². The van der Waals surface area contributed by atoms with Crippen LogP contribution in [0.1, 0.15) is 12.8 Å². The third-order valence-electron chi connectivity index (χ3n) is 1.34. The van der Waals surface area contributed by atoms with E-state index >= 15 is 0 Å². The summed E-state index contributed by atoms with van der Waals surface area (Å²) in [6.45, 7) is 6.44. The zero-order valence-corrected chi connectivity index (χ0v) is 7.22. The molecule has 4 heteroatoms. The van der Waals surface area contributed by atoms with Crippen LogP contribution in [0.2, 0.25) is 0 Å². The van der Waals surface area contributed by atoms with Gasteiger partial charge in [0.25, 0.3) is 0 Å². The zero-order chi connectivity index (χ0) is 6.20. The van der Waals surface area contributed by atoms with Crippen LogP contribution in [-0.4, -0.2) is 46.2 Å². The minimum absolute atomic E-state index is 0. The normalized spacial score (nSPS) is 19.0. The maximum absolute atomic E-state index is 10.1. The molecule has 1 N–H and O–H groups in total. The fourth-order valence-corrected chi connectivity index (χ4v) is 0.492. The molecule has 43 valence electrons. The molecule has 0 aromatic carbocycles. The van der Waals surface area contributed by atoms with Crippen molar-refractivity contribution in [3.05, 3.63) is 11.4 Å². The van der Waals surface area contributed by atoms with Crippen LogP contribution >= 0.6 is 0 Å². The van der Waals surface area contributed by atoms with Crippen LogP contribution in [-0.2, 0) is 4.79 Å². The molecular weight excluding hydrogens is 129 g/mol. The molecule has 0 bridgehead atoms. The summed E-state index contributed by atoms with van der Waals surface area (Å²) in [5.74, 6) is -0.965. The smallest absolute Gasteiger partial charge is 0.390 e. The standard InChI is InChI=1S/C5H5NO2.Na/c1-6-5(2-3-5)4(7)8;/h2-3H2,(H,7,8);. The Morgan fingerprint density at radius 1 is 1.67 bits per heavy atom. The van der Waals surface area contributed by atoms with Crippen LogP contribution in [0.15, 0.2) is 0 Å². The number of hydrogen-bond acceptors (Lipinski definition) is 1. The molecule has 0 aliphatic heterocycles. The van der Waals surface area contributed by atoms with Gasteiger partial charge in [0, 0.05) is 42.4 Å². The quantitative estimate of drug-likeness (QED) is 0.409. The van der Waals surface area contributed by atoms with Crippen molar-refractivity contribution in [3.8, 4) is 0 Å². The first-order valence-electron chi connectivity index (χ1n) is 2.33. The maximum atomic E-state index is 10.1. The van der Waals surface area contributed by atoms with Crippen molar-refractivity contribution < 1.29 is 9.90 Å². The van der Waals surface area contributed by atoms with Gasteiger partial charge in [-0.2, -0.15) is 0 Å². The average Bonchev–Trinajstić information content (AvgIpc) is 2.44. The van der Waals surface area contributed by atoms with E-state index in [1.807, 2.05) is 0 Å². The molecule has 9 heavy (non-hydrogen) atoms. The summed E-state index contributed by atoms with van der Waals surface area (Å²) in [5, 5.41) is 8.29. The van der Waals surface area contributed by atoms with E-state index in [1.165, 1.54) is 0 Å². The molecular formula is C5H5NNaO2. The van der Waals surface area contributed by atoms with Gasteiger partial charge in [-0.15, -0.1) is 0 Å². The summed E-state index contributed by atoms with van der Waals surface area (Å²) >= 11 is 0. The molecule has 0 amide bonds. The molecule has 1 rings (SSSR count). The van der Waals surface area contributed by atoms with E-state index in [2.05, 4.69) is 4.85 Å². The Balaban J connectivity index is 0.000000640. The summed E-state index contributed by atoms with van der Waals surface area (Å²) in [7, 11) is 0. The van der Waals surface area contributed by atoms with Crippen LogP contribution in [0.5, 0.6) is 0 Å². The fraction of sp³-hybridized carbons (Fsp3) is 0.600. The van der Waals surface area contributed by atoms with Crippen LogP contribution in [0, 0.1) is 6.57 Å². The second kappa shape index (κ2) is 2.70. The Kier molecular flexibility index (Phi) is 2.68. The van der Waals surface area contributed by atoms with Crippen LogP contribution in [0.4, 0.5) is 0 Å². The van der Waals surface area contributed by atoms with Gasteiger partial charge >= 0.3 is 11.5 Å². The van der Waals surface area contributed by atoms with Gasteiger partial charge in [0.05, 0.1) is 0 Å². The molecule has 3 nitrogen and oxygen atoms in total. The monoisotopic (exact) mass is 134 g/mol. The summed E-state index contributed by atoms with van der Waals surface area (Å²) < 4.78 is 0. The Hall–Kier alpha value is -0.0400. The molecule has 0 atom stereocenters. The SMILES string of the molecule is [C-]#[N+]C1(C(=O)O)CC1.[Na]. The number of hydrogen-bond donors (Lipinski definition) is 1. The van der Waals surface area contributed by atoms with Gasteiger partial charge in [0.15, 0.2) is 0 Å². The Labute approximate surface area is 75.2 Å². The van der Waals surface area contributed by atoms with E-state index in [-0.39, 0.29) is 29.6 Å². The fourth-order valence-electron chi connectivity index (χ4n) is 0.492. The Bertz CT molecular complexity index is 168. The molecule has 0 aromatic heterocycles. The van der Waals surface area contributed by atoms with Crippen molar-refractivity contribution in [2.45, 2.75) is 18.4 Å². The molecule has 0 aromatic rings. The molecule has 0 saturated heterocycles. The molecule has 0 unspecified atom stereocenters. The minimum Gasteiger partial charge on any atom is -0.475 e. The van der Waals surface area contributed by atoms with Gasteiger partial charge in [-0.1, -0.05) is 0 Å². The van der Waals surface area contributed by atoms with Crippen molar-refractivity contribution in [2.24, 2.45) is 0 Å². The number of nitrogens with zero attached hydrogens (tertiary/aromatic N) is 1. The second-order valence-corrected chi connectivity index (χ2v) is 1.95. The number of carboxylic acids is 1. The predicted molar refractivity (Wildman–Crippen MR) is 32.0 cm³/mol. The van der Waals surface area contributed by atoms with E-state index in [0.29, 0.717) is 12.8 Å². The van der Waals surface area contributed by atoms with Crippen molar-refractivity contribution in [1.29, 1.82) is 0 Å². The van der Waals surface area contributed by atoms with Gasteiger partial charge in [0.2, 0.25) is 0 Å². The summed E-state index contributed by atoms with van der Waals surface area (Å²) in [5.41, 5.74) is -1.00. The van der Waals surface area contributed by atoms with Gasteiger partial charge in [0.1, 0.15) is 0 Å². The van der Waals surface area contributed by atoms with Gasteiger partial charge in [-0.25, -0.2) is 11.4 Å². The first kappa shape index (κ1) is 8.96. The Morgan fingerprint density at radius 2 is 2.11 bits per heavy atom. The topological polar surface area (TPSA) is 41.7 Å². The molecule has 1 radical (unpaired) electrons. The van der Waals surface area contributed by atoms with Crippen LogP contribution in [0.25, 0.3) is 4.85 Å². The molecule has 1 fully saturated rings. The zero-order valence-electron chi connectivity index (χ0n) is 5.22. The summed E-state index contributed by atoms with van der Waals surface area (Å²) in [6.07, 6.45) is 1.07. The third-order valence-corrected chi connectivity index (χ3v) is 1.34. The third kappa shape index (κ3) is 1.45. The molecule has 1 saturated carbocycles. The summed E-state index contributed by atoms with van der Waals surface area (Å²) in [4.78, 5) is 13.1. The van der Waals surface area contributed by atoms with E-state index in [0.717, 1.165) is 0 Å². The molecule has 1 aliphatic rings. The van der Waals surface area contributed by atoms with Crippen LogP contribution in [0.3, 0.4) is 0 Å². The number of carboxylic acid groups (broad SMARTS) is 1. The largest absolute Gasteiger partial charge is 0.475 e. The average molecular weight is 134 g/mol. The van der Waals surface area contributed by atoms with Gasteiger partial charge in [-0.05, 0) is 0 Å². The van der Waals surface area contributed by atoms with E-state index in [4.69, 9.17) is 11.7 Å². The van der Waals surface area contributed by atoms with E-state index < -0.39 is 11.5 Å². The number of aliphatic carboxylic acids is 1. The van der Waals surface area contributed by atoms with Crippen molar-refractivity contribution in [3.63, 3.8) is 0 Å². The maximum Gasteiger partial charge on any atom is 0.390 e. The molecule has 0 heterocycles. The summed E-state index contributed by atoms with van der Waals surface area (Å²) in [6, 6.07) is 0. The van der Waals surface area contributed by atoms with Crippen molar-refractivity contribution in [1.82, 2.24) is 0 Å². The van der Waals surface area contributed by atoms with E-state index in [1.54, 1.807) is 0 Å². The molecule has 1 aliphatic carbocycles. The molecule has 0 spiro atoms. The first-order valence-corrected chi connectivity index (χ1v) is 2.33.